The number of alkyl carbamates (subject to hydrolysis) is 1. The summed E-state index contributed by atoms with van der Waals surface area (Å²) in [6.45, 7) is 4.11. The smallest absolute Gasteiger partial charge is 0.407 e. The maximum absolute atomic E-state index is 13.3. The Bertz CT molecular complexity index is 1260. The molecule has 4 rings (SSSR count). The SMILES string of the molecule is CCOC(=O)N[C@@H](CCN1CCC2(CC1)NC(=O)N(Cc1ccc(S(C)(=O)=O)cc1)C2=O)c1ccccc1. The standard InChI is InChI=1S/C27H34N4O6S/c1-3-37-26(34)28-23(21-7-5-4-6-8-21)13-16-30-17-14-27(15-18-30)24(32)31(25(33)29-27)19-20-9-11-22(12-10-20)38(2,35)36/h4-12,23H,3,13-19H2,1-2H3,(H,28,34)(H,29,33)/t23-/m0/s1. The lowest BCUT2D eigenvalue weighted by atomic mass is 9.87. The average Bonchev–Trinajstić information content (AvgIpc) is 3.12. The van der Waals surface area contributed by atoms with Gasteiger partial charge in [-0.25, -0.2) is 18.0 Å². The number of imide groups is 1. The molecule has 2 fully saturated rings. The number of nitrogens with one attached hydrogen (secondary N) is 2. The van der Waals surface area contributed by atoms with Crippen molar-refractivity contribution in [1.29, 1.82) is 0 Å². The molecule has 10 nitrogen and oxygen atoms in total. The van der Waals surface area contributed by atoms with Gasteiger partial charge < -0.3 is 20.3 Å². The molecular formula is C27H34N4O6S. The van der Waals surface area contributed by atoms with Gasteiger partial charge in [-0.3, -0.25) is 9.69 Å². The van der Waals surface area contributed by atoms with E-state index in [1.54, 1.807) is 19.1 Å². The molecule has 2 saturated heterocycles. The van der Waals surface area contributed by atoms with Gasteiger partial charge >= 0.3 is 12.1 Å². The minimum atomic E-state index is -3.32. The number of amides is 4. The molecule has 2 heterocycles. The van der Waals surface area contributed by atoms with E-state index >= 15 is 0 Å². The molecule has 0 unspecified atom stereocenters. The van der Waals surface area contributed by atoms with Crippen LogP contribution in [0, 0.1) is 0 Å². The fourth-order valence-electron chi connectivity index (χ4n) is 4.98. The maximum Gasteiger partial charge on any atom is 0.407 e. The predicted octanol–water partition coefficient (Wildman–Crippen LogP) is 2.85. The van der Waals surface area contributed by atoms with Crippen LogP contribution in [0.4, 0.5) is 9.59 Å². The van der Waals surface area contributed by atoms with E-state index in [-0.39, 0.29) is 23.4 Å². The van der Waals surface area contributed by atoms with Crippen LogP contribution < -0.4 is 10.6 Å². The first kappa shape index (κ1) is 27.6. The van der Waals surface area contributed by atoms with Crippen LogP contribution in [0.2, 0.25) is 0 Å². The monoisotopic (exact) mass is 542 g/mol. The molecule has 1 spiro atoms. The van der Waals surface area contributed by atoms with E-state index in [1.165, 1.54) is 17.0 Å². The molecule has 11 heteroatoms. The van der Waals surface area contributed by atoms with Crippen LogP contribution in [-0.2, 0) is 25.9 Å². The topological polar surface area (TPSA) is 125 Å². The fraction of sp³-hybridized carbons (Fsp3) is 0.444. The first-order valence-electron chi connectivity index (χ1n) is 12.7. The van der Waals surface area contributed by atoms with Crippen molar-refractivity contribution in [2.24, 2.45) is 0 Å². The Hall–Kier alpha value is -3.44. The largest absolute Gasteiger partial charge is 0.450 e. The van der Waals surface area contributed by atoms with Crippen molar-refractivity contribution in [2.45, 2.75) is 49.2 Å². The molecule has 0 radical (unpaired) electrons. The third-order valence-electron chi connectivity index (χ3n) is 7.15. The van der Waals surface area contributed by atoms with Crippen LogP contribution in [0.25, 0.3) is 0 Å². The van der Waals surface area contributed by atoms with Gasteiger partial charge in [0, 0.05) is 25.9 Å². The lowest BCUT2D eigenvalue weighted by molar-refractivity contribution is -0.133. The molecule has 0 aromatic heterocycles. The molecular weight excluding hydrogens is 508 g/mol. The van der Waals surface area contributed by atoms with E-state index in [4.69, 9.17) is 4.74 Å². The van der Waals surface area contributed by atoms with Crippen molar-refractivity contribution in [2.75, 3.05) is 32.5 Å². The Morgan fingerprint density at radius 2 is 1.74 bits per heavy atom. The van der Waals surface area contributed by atoms with Gasteiger partial charge in [-0.15, -0.1) is 0 Å². The van der Waals surface area contributed by atoms with Gasteiger partial charge in [0.25, 0.3) is 5.91 Å². The summed E-state index contributed by atoms with van der Waals surface area (Å²) in [5, 5.41) is 5.85. The number of piperidine rings is 1. The normalized spacial score (nSPS) is 18.3. The van der Waals surface area contributed by atoms with Gasteiger partial charge in [0.15, 0.2) is 9.84 Å². The number of urea groups is 1. The number of ether oxygens (including phenoxy) is 1. The van der Waals surface area contributed by atoms with Crippen LogP contribution >= 0.6 is 0 Å². The number of hydrogen-bond acceptors (Lipinski definition) is 7. The van der Waals surface area contributed by atoms with Crippen LogP contribution in [0.5, 0.6) is 0 Å². The molecule has 2 aromatic carbocycles. The summed E-state index contributed by atoms with van der Waals surface area (Å²) < 4.78 is 28.5. The zero-order valence-electron chi connectivity index (χ0n) is 21.7. The van der Waals surface area contributed by atoms with Gasteiger partial charge in [0.2, 0.25) is 0 Å². The van der Waals surface area contributed by atoms with E-state index in [0.717, 1.165) is 11.8 Å². The van der Waals surface area contributed by atoms with E-state index in [1.807, 2.05) is 30.3 Å². The number of likely N-dealkylation sites (tertiary alicyclic amines) is 1. The number of benzene rings is 2. The van der Waals surface area contributed by atoms with Crippen molar-refractivity contribution >= 4 is 27.9 Å². The van der Waals surface area contributed by atoms with E-state index in [0.29, 0.717) is 51.1 Å². The predicted molar refractivity (Wildman–Crippen MR) is 141 cm³/mol. The molecule has 2 N–H and O–H groups in total. The van der Waals surface area contributed by atoms with E-state index in [2.05, 4.69) is 15.5 Å². The summed E-state index contributed by atoms with van der Waals surface area (Å²) in [6.07, 6.45) is 2.33. The van der Waals surface area contributed by atoms with Gasteiger partial charge in [-0.2, -0.15) is 0 Å². The highest BCUT2D eigenvalue weighted by atomic mass is 32.2. The Labute approximate surface area is 223 Å². The van der Waals surface area contributed by atoms with Gasteiger partial charge in [-0.05, 0) is 49.4 Å². The molecule has 0 bridgehead atoms. The van der Waals surface area contributed by atoms with Crippen molar-refractivity contribution in [3.8, 4) is 0 Å². The van der Waals surface area contributed by atoms with Crippen LogP contribution in [0.15, 0.2) is 59.5 Å². The first-order chi connectivity index (χ1) is 18.1. The minimum Gasteiger partial charge on any atom is -0.450 e. The third kappa shape index (κ3) is 6.33. The highest BCUT2D eigenvalue weighted by molar-refractivity contribution is 7.90. The van der Waals surface area contributed by atoms with Crippen molar-refractivity contribution < 1.29 is 27.5 Å². The molecule has 1 atom stereocenters. The minimum absolute atomic E-state index is 0.0818. The fourth-order valence-corrected chi connectivity index (χ4v) is 5.61. The van der Waals surface area contributed by atoms with Crippen LogP contribution in [-0.4, -0.2) is 74.3 Å². The molecule has 38 heavy (non-hydrogen) atoms. The average molecular weight is 543 g/mol. The van der Waals surface area contributed by atoms with Gasteiger partial charge in [-0.1, -0.05) is 42.5 Å². The summed E-state index contributed by atoms with van der Waals surface area (Å²) in [5.74, 6) is -0.250. The summed E-state index contributed by atoms with van der Waals surface area (Å²) in [4.78, 5) is 41.8. The molecule has 204 valence electrons. The molecule has 0 aliphatic carbocycles. The molecule has 4 amide bonds. The summed E-state index contributed by atoms with van der Waals surface area (Å²) in [5.41, 5.74) is 0.742. The summed E-state index contributed by atoms with van der Waals surface area (Å²) in [7, 11) is -3.32. The Kier molecular flexibility index (Phi) is 8.37. The van der Waals surface area contributed by atoms with Gasteiger partial charge in [0.1, 0.15) is 5.54 Å². The van der Waals surface area contributed by atoms with Crippen molar-refractivity contribution in [3.63, 3.8) is 0 Å². The zero-order valence-corrected chi connectivity index (χ0v) is 22.5. The summed E-state index contributed by atoms with van der Waals surface area (Å²) >= 11 is 0. The Morgan fingerprint density at radius 3 is 2.34 bits per heavy atom. The van der Waals surface area contributed by atoms with E-state index < -0.39 is 27.5 Å². The molecule has 2 aliphatic rings. The second kappa shape index (κ2) is 11.5. The van der Waals surface area contributed by atoms with Gasteiger partial charge in [0.05, 0.1) is 24.1 Å². The molecule has 0 saturated carbocycles. The molecule has 2 aromatic rings. The third-order valence-corrected chi connectivity index (χ3v) is 8.28. The second-order valence-corrected chi connectivity index (χ2v) is 11.8. The quantitative estimate of drug-likeness (QED) is 0.467. The van der Waals surface area contributed by atoms with Crippen molar-refractivity contribution in [1.82, 2.24) is 20.4 Å². The number of carbonyl (C=O) groups is 3. The number of carbonyl (C=O) groups excluding carboxylic acids is 3. The highest BCUT2D eigenvalue weighted by Gasteiger charge is 2.52. The number of sulfone groups is 1. The first-order valence-corrected chi connectivity index (χ1v) is 14.6. The van der Waals surface area contributed by atoms with Crippen LogP contribution in [0.3, 0.4) is 0 Å². The number of rotatable bonds is 9. The second-order valence-electron chi connectivity index (χ2n) is 9.78. The zero-order chi connectivity index (χ0) is 27.3. The van der Waals surface area contributed by atoms with E-state index in [9.17, 15) is 22.8 Å². The van der Waals surface area contributed by atoms with Crippen molar-refractivity contribution in [3.05, 3.63) is 65.7 Å². The Morgan fingerprint density at radius 1 is 1.08 bits per heavy atom. The van der Waals surface area contributed by atoms with Crippen LogP contribution in [0.1, 0.15) is 43.4 Å². The summed E-state index contributed by atoms with van der Waals surface area (Å²) in [6, 6.07) is 15.3. The maximum atomic E-state index is 13.3. The Balaban J connectivity index is 1.34. The molecule has 2 aliphatic heterocycles. The number of hydrogen-bond donors (Lipinski definition) is 2. The lowest BCUT2D eigenvalue weighted by Crippen LogP contribution is -2.55. The lowest BCUT2D eigenvalue weighted by Gasteiger charge is -2.37. The number of nitrogens with zero attached hydrogens (tertiary/aromatic N) is 2. The highest BCUT2D eigenvalue weighted by Crippen LogP contribution is 2.31.